The molecule has 4 rings (SSSR count). The molecule has 0 saturated carbocycles. The fourth-order valence-electron chi connectivity index (χ4n) is 3.57. The van der Waals surface area contributed by atoms with Crippen molar-refractivity contribution in [3.63, 3.8) is 0 Å². The number of halogens is 2. The van der Waals surface area contributed by atoms with Crippen LogP contribution in [0.3, 0.4) is 0 Å². The quantitative estimate of drug-likeness (QED) is 0.245. The molecule has 0 spiro atoms. The van der Waals surface area contributed by atoms with Crippen LogP contribution in [0.15, 0.2) is 92.4 Å². The van der Waals surface area contributed by atoms with Gasteiger partial charge in [-0.1, -0.05) is 75.7 Å². The maximum Gasteiger partial charge on any atom is 0.344 e. The van der Waals surface area contributed by atoms with E-state index in [9.17, 15) is 9.90 Å². The lowest BCUT2D eigenvalue weighted by Crippen LogP contribution is -2.12. The summed E-state index contributed by atoms with van der Waals surface area (Å²) in [7, 11) is 0. The average Bonchev–Trinajstić information content (AvgIpc) is 3.20. The molecular formula is C29H25BrClNO5S. The van der Waals surface area contributed by atoms with Crippen molar-refractivity contribution in [2.45, 2.75) is 20.5 Å². The molecule has 0 radical (unpaired) electrons. The number of aliphatic hydroxyl groups excluding tert-OH is 1. The highest BCUT2D eigenvalue weighted by atomic mass is 79.9. The van der Waals surface area contributed by atoms with E-state index in [1.165, 1.54) is 11.8 Å². The van der Waals surface area contributed by atoms with Gasteiger partial charge in [0.25, 0.3) is 0 Å². The number of esters is 1. The maximum atomic E-state index is 12.7. The fourth-order valence-corrected chi connectivity index (χ4v) is 5.22. The number of benzene rings is 3. The minimum atomic E-state index is -0.632. The number of para-hydroxylation sites is 1. The molecule has 0 aliphatic carbocycles. The predicted octanol–water partition coefficient (Wildman–Crippen LogP) is 8.27. The highest BCUT2D eigenvalue weighted by molar-refractivity contribution is 9.10. The van der Waals surface area contributed by atoms with Crippen molar-refractivity contribution in [3.8, 4) is 11.5 Å². The number of rotatable bonds is 9. The lowest BCUT2D eigenvalue weighted by Gasteiger charge is -2.15. The SMILES string of the molecule is CCOC(=O)C1=C(O)/C(=C/c2cc(OCC)c(OCc3ccccc3Cl)cc2Br)SC1=Nc1ccccc1. The summed E-state index contributed by atoms with van der Waals surface area (Å²) in [5.41, 5.74) is 2.27. The Labute approximate surface area is 239 Å². The molecule has 0 fully saturated rings. The summed E-state index contributed by atoms with van der Waals surface area (Å²) >= 11 is 11.1. The van der Waals surface area contributed by atoms with E-state index in [2.05, 4.69) is 20.9 Å². The van der Waals surface area contributed by atoms with Crippen LogP contribution in [0.5, 0.6) is 11.5 Å². The van der Waals surface area contributed by atoms with E-state index >= 15 is 0 Å². The van der Waals surface area contributed by atoms with Gasteiger partial charge in [-0.05, 0) is 55.8 Å². The van der Waals surface area contributed by atoms with Gasteiger partial charge in [0.1, 0.15) is 23.0 Å². The van der Waals surface area contributed by atoms with Crippen molar-refractivity contribution in [2.24, 2.45) is 4.99 Å². The number of carbonyl (C=O) groups excluding carboxylic acids is 1. The van der Waals surface area contributed by atoms with E-state index in [4.69, 9.17) is 25.8 Å². The second-order valence-electron chi connectivity index (χ2n) is 7.94. The zero-order chi connectivity index (χ0) is 27.1. The number of aliphatic imine (C=N–C) groups is 1. The van der Waals surface area contributed by atoms with Crippen LogP contribution in [-0.2, 0) is 16.1 Å². The van der Waals surface area contributed by atoms with Crippen molar-refractivity contribution in [1.82, 2.24) is 0 Å². The summed E-state index contributed by atoms with van der Waals surface area (Å²) in [6.45, 7) is 4.48. The van der Waals surface area contributed by atoms with Gasteiger partial charge in [-0.2, -0.15) is 0 Å². The monoisotopic (exact) mass is 613 g/mol. The largest absolute Gasteiger partial charge is 0.506 e. The van der Waals surface area contributed by atoms with Crippen LogP contribution >= 0.6 is 39.3 Å². The van der Waals surface area contributed by atoms with Crippen LogP contribution in [0.2, 0.25) is 5.02 Å². The zero-order valence-corrected chi connectivity index (χ0v) is 23.9. The van der Waals surface area contributed by atoms with Gasteiger partial charge in [0, 0.05) is 15.1 Å². The first-order valence-corrected chi connectivity index (χ1v) is 13.9. The molecule has 0 saturated heterocycles. The highest BCUT2D eigenvalue weighted by Gasteiger charge is 2.33. The Bertz CT molecular complexity index is 1420. The third-order valence-corrected chi connectivity index (χ3v) is 7.42. The Kier molecular flexibility index (Phi) is 9.55. The first-order chi connectivity index (χ1) is 18.4. The summed E-state index contributed by atoms with van der Waals surface area (Å²) < 4.78 is 17.8. The molecule has 3 aromatic carbocycles. The Morgan fingerprint density at radius 2 is 1.74 bits per heavy atom. The van der Waals surface area contributed by atoms with Crippen LogP contribution in [0.1, 0.15) is 25.0 Å². The molecule has 3 aromatic rings. The first kappa shape index (κ1) is 27.8. The van der Waals surface area contributed by atoms with Gasteiger partial charge in [-0.3, -0.25) is 0 Å². The summed E-state index contributed by atoms with van der Waals surface area (Å²) in [4.78, 5) is 17.7. The molecular weight excluding hydrogens is 590 g/mol. The van der Waals surface area contributed by atoms with Gasteiger partial charge in [0.05, 0.1) is 23.8 Å². The molecule has 1 heterocycles. The molecule has 196 valence electrons. The molecule has 0 amide bonds. The second-order valence-corrected chi connectivity index (χ2v) is 10.2. The average molecular weight is 615 g/mol. The number of aliphatic hydroxyl groups is 1. The lowest BCUT2D eigenvalue weighted by atomic mass is 10.1. The summed E-state index contributed by atoms with van der Waals surface area (Å²) in [5, 5.41) is 12.0. The first-order valence-electron chi connectivity index (χ1n) is 11.9. The minimum absolute atomic E-state index is 0.0350. The number of hydrogen-bond donors (Lipinski definition) is 1. The summed E-state index contributed by atoms with van der Waals surface area (Å²) in [6.07, 6.45) is 1.76. The van der Waals surface area contributed by atoms with Gasteiger partial charge in [-0.25, -0.2) is 9.79 Å². The Balaban J connectivity index is 1.69. The van der Waals surface area contributed by atoms with Crippen LogP contribution in [-0.4, -0.2) is 29.3 Å². The fraction of sp³-hybridized carbons (Fsp3) is 0.172. The van der Waals surface area contributed by atoms with Gasteiger partial charge in [0.15, 0.2) is 11.5 Å². The van der Waals surface area contributed by atoms with E-state index in [-0.39, 0.29) is 24.5 Å². The number of ether oxygens (including phenoxy) is 3. The van der Waals surface area contributed by atoms with Crippen LogP contribution in [0.25, 0.3) is 6.08 Å². The van der Waals surface area contributed by atoms with Gasteiger partial charge >= 0.3 is 5.97 Å². The van der Waals surface area contributed by atoms with E-state index in [0.717, 1.165) is 11.1 Å². The van der Waals surface area contributed by atoms with Crippen molar-refractivity contribution < 1.29 is 24.1 Å². The van der Waals surface area contributed by atoms with E-state index in [1.807, 2.05) is 67.6 Å². The van der Waals surface area contributed by atoms with Crippen LogP contribution in [0, 0.1) is 0 Å². The minimum Gasteiger partial charge on any atom is -0.506 e. The van der Waals surface area contributed by atoms with Gasteiger partial charge in [0.2, 0.25) is 0 Å². The molecule has 1 N–H and O–H groups in total. The van der Waals surface area contributed by atoms with Gasteiger partial charge < -0.3 is 19.3 Å². The predicted molar refractivity (Wildman–Crippen MR) is 156 cm³/mol. The molecule has 0 unspecified atom stereocenters. The van der Waals surface area contributed by atoms with Crippen LogP contribution < -0.4 is 9.47 Å². The molecule has 6 nitrogen and oxygen atoms in total. The maximum absolute atomic E-state index is 12.7. The third kappa shape index (κ3) is 6.62. The highest BCUT2D eigenvalue weighted by Crippen LogP contribution is 2.42. The Morgan fingerprint density at radius 3 is 2.45 bits per heavy atom. The van der Waals surface area contributed by atoms with E-state index in [1.54, 1.807) is 19.1 Å². The van der Waals surface area contributed by atoms with E-state index in [0.29, 0.717) is 43.2 Å². The molecule has 0 bridgehead atoms. The Hall–Kier alpha value is -3.20. The topological polar surface area (TPSA) is 77.4 Å². The van der Waals surface area contributed by atoms with E-state index < -0.39 is 5.97 Å². The Morgan fingerprint density at radius 1 is 1.03 bits per heavy atom. The smallest absolute Gasteiger partial charge is 0.344 e. The molecule has 38 heavy (non-hydrogen) atoms. The summed E-state index contributed by atoms with van der Waals surface area (Å²) in [6, 6.07) is 20.3. The van der Waals surface area contributed by atoms with Crippen molar-refractivity contribution in [3.05, 3.63) is 104 Å². The molecule has 1 aliphatic rings. The summed E-state index contributed by atoms with van der Waals surface area (Å²) in [5.74, 6) is 0.253. The van der Waals surface area contributed by atoms with Gasteiger partial charge in [-0.15, -0.1) is 0 Å². The molecule has 0 aromatic heterocycles. The molecule has 0 atom stereocenters. The normalized spacial score (nSPS) is 15.3. The van der Waals surface area contributed by atoms with Crippen molar-refractivity contribution in [1.29, 1.82) is 0 Å². The lowest BCUT2D eigenvalue weighted by molar-refractivity contribution is -0.138. The number of nitrogens with zero attached hydrogens (tertiary/aromatic N) is 1. The number of thioether (sulfide) groups is 1. The van der Waals surface area contributed by atoms with Crippen molar-refractivity contribution in [2.75, 3.05) is 13.2 Å². The van der Waals surface area contributed by atoms with Crippen molar-refractivity contribution >= 4 is 62.1 Å². The second kappa shape index (κ2) is 13.0. The zero-order valence-electron chi connectivity index (χ0n) is 20.7. The number of hydrogen-bond acceptors (Lipinski definition) is 7. The number of carbonyl (C=O) groups is 1. The molecule has 9 heteroatoms. The molecule has 1 aliphatic heterocycles. The third-order valence-electron chi connectivity index (χ3n) is 5.35. The van der Waals surface area contributed by atoms with Crippen LogP contribution in [0.4, 0.5) is 5.69 Å². The standard InChI is InChI=1S/C29H25BrClNO5S/c1-3-35-23-14-19(21(30)16-24(23)37-17-18-10-8-9-13-22(18)31)15-25-27(33)26(29(34)36-4-2)28(38-25)32-20-11-6-5-7-12-20/h5-16,33H,3-4,17H2,1-2H3/b25-15-,32-28?.